The number of Topliss-reactive ketones (excluding diaryl/α,β-unsaturated/α-hetero) is 1. The van der Waals surface area contributed by atoms with Gasteiger partial charge in [-0.3, -0.25) is 19.1 Å². The minimum absolute atomic E-state index is 0.0220. The number of ketones is 1. The van der Waals surface area contributed by atoms with E-state index in [2.05, 4.69) is 11.8 Å². The summed E-state index contributed by atoms with van der Waals surface area (Å²) in [5, 5.41) is 0.313. The molecule has 0 unspecified atom stereocenters. The Balaban J connectivity index is 1.62. The fourth-order valence-corrected chi connectivity index (χ4v) is 7.24. The van der Waals surface area contributed by atoms with Crippen molar-refractivity contribution < 1.29 is 13.6 Å². The molecule has 0 amide bonds. The van der Waals surface area contributed by atoms with Crippen LogP contribution < -0.4 is 11.2 Å². The highest BCUT2D eigenvalue weighted by Crippen LogP contribution is 2.39. The molecule has 0 fully saturated rings. The van der Waals surface area contributed by atoms with Crippen LogP contribution in [0.5, 0.6) is 0 Å². The molecule has 0 saturated carbocycles. The Labute approximate surface area is 281 Å². The molecular formula is C39H35F2N3O3S. The van der Waals surface area contributed by atoms with E-state index >= 15 is 8.78 Å². The van der Waals surface area contributed by atoms with E-state index in [0.29, 0.717) is 40.9 Å². The summed E-state index contributed by atoms with van der Waals surface area (Å²) in [6.45, 7) is 3.86. The lowest BCUT2D eigenvalue weighted by molar-refractivity contribution is -0.118. The first-order valence-corrected chi connectivity index (χ1v) is 16.6. The number of fused-ring (bicyclic) bond motifs is 1. The van der Waals surface area contributed by atoms with Gasteiger partial charge in [-0.2, -0.15) is 0 Å². The Bertz CT molecular complexity index is 2190. The molecule has 244 valence electrons. The second-order valence-electron chi connectivity index (χ2n) is 11.9. The average molecular weight is 664 g/mol. The van der Waals surface area contributed by atoms with Gasteiger partial charge < -0.3 is 0 Å². The van der Waals surface area contributed by atoms with Crippen LogP contribution in [0.2, 0.25) is 0 Å². The molecule has 4 aromatic carbocycles. The molecule has 0 saturated heterocycles. The van der Waals surface area contributed by atoms with Gasteiger partial charge in [-0.05, 0) is 60.5 Å². The lowest BCUT2D eigenvalue weighted by Crippen LogP contribution is -2.39. The third-order valence-corrected chi connectivity index (χ3v) is 10.1. The van der Waals surface area contributed by atoms with Crippen molar-refractivity contribution in [2.75, 3.05) is 7.05 Å². The van der Waals surface area contributed by atoms with Crippen molar-refractivity contribution in [2.45, 2.75) is 45.8 Å². The zero-order valence-electron chi connectivity index (χ0n) is 27.0. The van der Waals surface area contributed by atoms with Gasteiger partial charge in [-0.1, -0.05) is 85.8 Å². The van der Waals surface area contributed by atoms with Crippen LogP contribution in [0.15, 0.2) is 113 Å². The molecule has 48 heavy (non-hydrogen) atoms. The summed E-state index contributed by atoms with van der Waals surface area (Å²) in [7, 11) is 1.98. The lowest BCUT2D eigenvalue weighted by atomic mass is 10.0. The van der Waals surface area contributed by atoms with Crippen LogP contribution in [0.4, 0.5) is 8.78 Å². The number of carbonyl (C=O) groups excluding carboxylic acids is 1. The van der Waals surface area contributed by atoms with Crippen molar-refractivity contribution in [3.8, 4) is 16.1 Å². The van der Waals surface area contributed by atoms with Crippen LogP contribution in [0.25, 0.3) is 26.3 Å². The number of carbonyl (C=O) groups is 1. The number of benzene rings is 4. The zero-order chi connectivity index (χ0) is 33.9. The molecule has 0 bridgehead atoms. The molecule has 1 atom stereocenters. The maximum atomic E-state index is 15.0. The Hall–Kier alpha value is -4.99. The Kier molecular flexibility index (Phi) is 9.61. The summed E-state index contributed by atoms with van der Waals surface area (Å²) in [5.41, 5.74) is 2.37. The molecule has 6 aromatic rings. The first-order chi connectivity index (χ1) is 23.2. The molecule has 2 aromatic heterocycles. The normalized spacial score (nSPS) is 12.1. The number of thiophene rings is 1. The van der Waals surface area contributed by atoms with Gasteiger partial charge in [-0.15, -0.1) is 11.3 Å². The molecule has 0 spiro atoms. The number of aromatic nitrogens is 2. The summed E-state index contributed by atoms with van der Waals surface area (Å²) in [6.07, 6.45) is 0.769. The minimum Gasteiger partial charge on any atom is -0.299 e. The lowest BCUT2D eigenvalue weighted by Gasteiger charge is -2.25. The van der Waals surface area contributed by atoms with E-state index in [1.807, 2.05) is 68.6 Å². The molecule has 0 aliphatic carbocycles. The number of rotatable bonds is 11. The molecule has 6 rings (SSSR count). The largest absolute Gasteiger partial charge is 0.337 e. The highest BCUT2D eigenvalue weighted by atomic mass is 32.1. The highest BCUT2D eigenvalue weighted by molar-refractivity contribution is 7.22. The number of para-hydroxylation sites is 1. The van der Waals surface area contributed by atoms with E-state index in [0.717, 1.165) is 38.3 Å². The van der Waals surface area contributed by atoms with E-state index in [1.165, 1.54) is 22.0 Å². The van der Waals surface area contributed by atoms with Crippen LogP contribution in [-0.4, -0.2) is 26.9 Å². The van der Waals surface area contributed by atoms with E-state index in [1.54, 1.807) is 30.3 Å². The fourth-order valence-electron chi connectivity index (χ4n) is 5.94. The number of halogens is 2. The molecule has 6 nitrogen and oxygen atoms in total. The van der Waals surface area contributed by atoms with Crippen molar-refractivity contribution in [2.24, 2.45) is 0 Å². The van der Waals surface area contributed by atoms with Crippen LogP contribution in [0, 0.1) is 11.6 Å². The first kappa shape index (κ1) is 32.9. The van der Waals surface area contributed by atoms with Crippen LogP contribution >= 0.6 is 11.3 Å². The van der Waals surface area contributed by atoms with Crippen molar-refractivity contribution in [3.05, 3.63) is 158 Å². The summed E-state index contributed by atoms with van der Waals surface area (Å²) in [4.78, 5) is 44.1. The van der Waals surface area contributed by atoms with E-state index in [9.17, 15) is 14.4 Å². The molecular weight excluding hydrogens is 629 g/mol. The maximum absolute atomic E-state index is 15.0. The smallest absolute Gasteiger partial charge is 0.299 e. The molecule has 0 N–H and O–H groups in total. The molecule has 0 aliphatic heterocycles. The van der Waals surface area contributed by atoms with Crippen molar-refractivity contribution in [3.63, 3.8) is 0 Å². The van der Waals surface area contributed by atoms with Gasteiger partial charge in [0.05, 0.1) is 17.6 Å². The highest BCUT2D eigenvalue weighted by Gasteiger charge is 2.26. The van der Waals surface area contributed by atoms with Crippen LogP contribution in [0.1, 0.15) is 48.6 Å². The van der Waals surface area contributed by atoms with Crippen molar-refractivity contribution in [1.29, 1.82) is 0 Å². The number of hydrogen-bond donors (Lipinski definition) is 0. The van der Waals surface area contributed by atoms with Gasteiger partial charge in [0.1, 0.15) is 22.2 Å². The Morgan fingerprint density at radius 1 is 0.833 bits per heavy atom. The van der Waals surface area contributed by atoms with Crippen molar-refractivity contribution >= 4 is 27.3 Å². The standard InChI is InChI=1S/C39H35F2N3O3S/c1-4-30(45)22-26-18-20-28(21-19-26)36-32(23-42(3)25(2)27-12-7-5-8-13-27)35-37(46)44(29-14-9-6-10-15-29)39(47)43(38(35)48-36)24-31-33(40)16-11-17-34(31)41/h5-21,25H,4,22-24H2,1-3H3/t25-/m1/s1. The van der Waals surface area contributed by atoms with Crippen LogP contribution in [-0.2, 0) is 24.3 Å². The average Bonchev–Trinajstić information content (AvgIpc) is 3.47. The van der Waals surface area contributed by atoms with E-state index in [-0.39, 0.29) is 17.4 Å². The zero-order valence-corrected chi connectivity index (χ0v) is 27.8. The monoisotopic (exact) mass is 663 g/mol. The summed E-state index contributed by atoms with van der Waals surface area (Å²) < 4.78 is 32.5. The van der Waals surface area contributed by atoms with Gasteiger partial charge in [0.2, 0.25) is 0 Å². The second-order valence-corrected chi connectivity index (χ2v) is 12.9. The Morgan fingerprint density at radius 3 is 2.08 bits per heavy atom. The molecule has 9 heteroatoms. The van der Waals surface area contributed by atoms with Gasteiger partial charge in [0.15, 0.2) is 0 Å². The van der Waals surface area contributed by atoms with Gasteiger partial charge in [0.25, 0.3) is 5.56 Å². The second kappa shape index (κ2) is 14.0. The van der Waals surface area contributed by atoms with Crippen molar-refractivity contribution in [1.82, 2.24) is 14.0 Å². The molecule has 0 radical (unpaired) electrons. The minimum atomic E-state index is -0.779. The predicted molar refractivity (Wildman–Crippen MR) is 188 cm³/mol. The first-order valence-electron chi connectivity index (χ1n) is 15.8. The third kappa shape index (κ3) is 6.43. The summed E-state index contributed by atoms with van der Waals surface area (Å²) in [6, 6.07) is 29.8. The summed E-state index contributed by atoms with van der Waals surface area (Å²) >= 11 is 1.25. The van der Waals surface area contributed by atoms with Gasteiger partial charge >= 0.3 is 5.69 Å². The third-order valence-electron chi connectivity index (χ3n) is 8.83. The van der Waals surface area contributed by atoms with Gasteiger partial charge in [0, 0.05) is 35.9 Å². The molecule has 0 aliphatic rings. The Morgan fingerprint density at radius 2 is 1.46 bits per heavy atom. The van der Waals surface area contributed by atoms with E-state index < -0.39 is 29.4 Å². The fraction of sp³-hybridized carbons (Fsp3) is 0.205. The topological polar surface area (TPSA) is 64.3 Å². The van der Waals surface area contributed by atoms with Crippen LogP contribution in [0.3, 0.4) is 0 Å². The SMILES string of the molecule is CCC(=O)Cc1ccc(-c2sc3c(c2CN(C)[C@H](C)c2ccccc2)c(=O)n(-c2ccccc2)c(=O)n3Cc2c(F)cccc2F)cc1. The quantitative estimate of drug-likeness (QED) is 0.141. The summed E-state index contributed by atoms with van der Waals surface area (Å²) in [5.74, 6) is -1.43. The van der Waals surface area contributed by atoms with Gasteiger partial charge in [-0.25, -0.2) is 18.1 Å². The predicted octanol–water partition coefficient (Wildman–Crippen LogP) is 7.92. The number of nitrogens with zero attached hydrogens (tertiary/aromatic N) is 3. The number of hydrogen-bond acceptors (Lipinski definition) is 5. The maximum Gasteiger partial charge on any atom is 0.337 e. The van der Waals surface area contributed by atoms with E-state index in [4.69, 9.17) is 0 Å². The molecule has 2 heterocycles.